The van der Waals surface area contributed by atoms with Crippen molar-refractivity contribution >= 4 is 0 Å². The van der Waals surface area contributed by atoms with Gasteiger partial charge in [-0.2, -0.15) is 0 Å². The van der Waals surface area contributed by atoms with Gasteiger partial charge in [0.25, 0.3) is 0 Å². The Bertz CT molecular complexity index is 2600. The van der Waals surface area contributed by atoms with Crippen LogP contribution in [0.1, 0.15) is 38.9 Å². The van der Waals surface area contributed by atoms with Crippen LogP contribution in [0.25, 0.3) is 44.5 Å². The molecule has 3 N–H and O–H groups in total. The summed E-state index contributed by atoms with van der Waals surface area (Å²) in [6.45, 7) is 6.44. The second kappa shape index (κ2) is 18.5. The molecule has 0 amide bonds. The number of aryl methyl sites for hydroxylation is 3. The van der Waals surface area contributed by atoms with Crippen LogP contribution in [0.4, 0.5) is 0 Å². The topological polar surface area (TPSA) is 35.0 Å². The van der Waals surface area contributed by atoms with Gasteiger partial charge in [0.15, 0.2) is 0 Å². The van der Waals surface area contributed by atoms with Gasteiger partial charge in [-0.15, -0.1) is 0 Å². The van der Waals surface area contributed by atoms with Gasteiger partial charge in [0.2, 0.25) is 0 Å². The zero-order chi connectivity index (χ0) is 39.7. The van der Waals surface area contributed by atoms with E-state index in [4.69, 9.17) is 0 Å². The van der Waals surface area contributed by atoms with E-state index in [1.54, 1.807) is 0 Å². The number of hydrogen-bond acceptors (Lipinski definition) is 1. The third kappa shape index (κ3) is 8.48. The number of benzene rings is 9. The second-order valence-corrected chi connectivity index (χ2v) is 15.1. The Kier molecular flexibility index (Phi) is 12.6. The standard InChI is InChI=1S/C32H24.2C13H12.H3N/c1-23-11-10-18-30-31(23)28-16-8-9-17-29(28)32(30,26-14-6-3-7-15-26)27-21-19-25(20-22-27)24-12-4-2-5-13-24;2*1-11-7-9-13(10-8-11)12-5-3-2-4-6-12;/h2-22H,1H3;2*2-10H,1H3;1H3. The molecule has 0 saturated carbocycles. The fraction of sp³-hybridized carbons (Fsp3) is 0.0690. The lowest BCUT2D eigenvalue weighted by Gasteiger charge is -2.34. The summed E-state index contributed by atoms with van der Waals surface area (Å²) < 4.78 is 0. The van der Waals surface area contributed by atoms with E-state index in [1.165, 1.54) is 83.5 Å². The molecule has 59 heavy (non-hydrogen) atoms. The van der Waals surface area contributed by atoms with Crippen molar-refractivity contribution < 1.29 is 0 Å². The largest absolute Gasteiger partial charge is 0.344 e. The zero-order valence-electron chi connectivity index (χ0n) is 34.2. The van der Waals surface area contributed by atoms with Crippen LogP contribution in [0.2, 0.25) is 0 Å². The highest BCUT2D eigenvalue weighted by atomic mass is 14.5. The van der Waals surface area contributed by atoms with Crippen molar-refractivity contribution in [3.63, 3.8) is 0 Å². The van der Waals surface area contributed by atoms with Gasteiger partial charge in [0, 0.05) is 0 Å². The van der Waals surface area contributed by atoms with Crippen molar-refractivity contribution in [1.82, 2.24) is 6.15 Å². The molecule has 0 fully saturated rings. The highest BCUT2D eigenvalue weighted by Crippen LogP contribution is 2.56. The first-order chi connectivity index (χ1) is 28.5. The minimum Gasteiger partial charge on any atom is -0.344 e. The lowest BCUT2D eigenvalue weighted by atomic mass is 9.67. The molecule has 1 aliphatic rings. The summed E-state index contributed by atoms with van der Waals surface area (Å²) in [6.07, 6.45) is 0. The Morgan fingerprint density at radius 3 is 1.07 bits per heavy atom. The van der Waals surface area contributed by atoms with Gasteiger partial charge in [-0.1, -0.05) is 248 Å². The van der Waals surface area contributed by atoms with Crippen molar-refractivity contribution in [1.29, 1.82) is 0 Å². The Morgan fingerprint density at radius 2 is 0.610 bits per heavy atom. The molecular formula is C58H51N. The van der Waals surface area contributed by atoms with E-state index >= 15 is 0 Å². The molecular weight excluding hydrogens is 711 g/mol. The van der Waals surface area contributed by atoms with Crippen molar-refractivity contribution in [2.75, 3.05) is 0 Å². The molecule has 1 unspecified atom stereocenters. The first-order valence-electron chi connectivity index (χ1n) is 20.2. The van der Waals surface area contributed by atoms with E-state index in [-0.39, 0.29) is 11.6 Å². The fourth-order valence-electron chi connectivity index (χ4n) is 8.28. The van der Waals surface area contributed by atoms with Crippen molar-refractivity contribution in [3.8, 4) is 44.5 Å². The molecule has 0 aliphatic heterocycles. The van der Waals surface area contributed by atoms with Gasteiger partial charge in [0.1, 0.15) is 0 Å². The summed E-state index contributed by atoms with van der Waals surface area (Å²) in [5.74, 6) is 0. The molecule has 1 nitrogen and oxygen atoms in total. The first kappa shape index (κ1) is 40.1. The average molecular weight is 762 g/mol. The molecule has 0 bridgehead atoms. The molecule has 0 radical (unpaired) electrons. The van der Waals surface area contributed by atoms with Crippen molar-refractivity contribution in [2.24, 2.45) is 0 Å². The van der Waals surface area contributed by atoms with Crippen LogP contribution in [0, 0.1) is 20.8 Å². The third-order valence-electron chi connectivity index (χ3n) is 11.2. The van der Waals surface area contributed by atoms with Gasteiger partial charge in [-0.3, -0.25) is 0 Å². The monoisotopic (exact) mass is 761 g/mol. The van der Waals surface area contributed by atoms with E-state index < -0.39 is 0 Å². The van der Waals surface area contributed by atoms with Crippen molar-refractivity contribution in [2.45, 2.75) is 26.2 Å². The van der Waals surface area contributed by atoms with E-state index in [1.807, 2.05) is 12.1 Å². The van der Waals surface area contributed by atoms with Crippen LogP contribution in [0.15, 0.2) is 237 Å². The van der Waals surface area contributed by atoms with Gasteiger partial charge in [-0.05, 0) is 93.1 Å². The Hall–Kier alpha value is -7.06. The van der Waals surface area contributed by atoms with E-state index in [2.05, 4.69) is 245 Å². The van der Waals surface area contributed by atoms with Crippen LogP contribution in [0.3, 0.4) is 0 Å². The Balaban J connectivity index is 0.000000161. The van der Waals surface area contributed by atoms with Gasteiger partial charge in [-0.25, -0.2) is 0 Å². The minimum absolute atomic E-state index is 0. The van der Waals surface area contributed by atoms with Crippen LogP contribution in [-0.2, 0) is 5.41 Å². The number of fused-ring (bicyclic) bond motifs is 3. The van der Waals surface area contributed by atoms with E-state index in [0.717, 1.165) is 0 Å². The maximum atomic E-state index is 2.32. The lowest BCUT2D eigenvalue weighted by molar-refractivity contribution is 0.768. The molecule has 288 valence electrons. The molecule has 1 aliphatic carbocycles. The minimum atomic E-state index is -0.325. The van der Waals surface area contributed by atoms with Gasteiger partial charge < -0.3 is 6.15 Å². The second-order valence-electron chi connectivity index (χ2n) is 15.1. The highest BCUT2D eigenvalue weighted by molar-refractivity contribution is 5.88. The predicted molar refractivity (Wildman–Crippen MR) is 252 cm³/mol. The number of hydrogen-bond donors (Lipinski definition) is 1. The smallest absolute Gasteiger partial charge is 0.0713 e. The molecule has 1 heteroatoms. The summed E-state index contributed by atoms with van der Waals surface area (Å²) in [6, 6.07) is 84.5. The predicted octanol–water partition coefficient (Wildman–Crippen LogP) is 15.5. The molecule has 0 aromatic heterocycles. The summed E-state index contributed by atoms with van der Waals surface area (Å²) in [5, 5.41) is 0. The van der Waals surface area contributed by atoms with E-state index in [0.29, 0.717) is 0 Å². The molecule has 0 saturated heterocycles. The van der Waals surface area contributed by atoms with Crippen LogP contribution in [0.5, 0.6) is 0 Å². The maximum Gasteiger partial charge on any atom is 0.0713 e. The van der Waals surface area contributed by atoms with Crippen LogP contribution < -0.4 is 6.15 Å². The van der Waals surface area contributed by atoms with Gasteiger partial charge >= 0.3 is 0 Å². The fourth-order valence-corrected chi connectivity index (χ4v) is 8.28. The van der Waals surface area contributed by atoms with Gasteiger partial charge in [0.05, 0.1) is 5.41 Å². The maximum absolute atomic E-state index is 2.32. The Labute approximate surface area is 350 Å². The van der Waals surface area contributed by atoms with Crippen LogP contribution >= 0.6 is 0 Å². The Morgan fingerprint density at radius 1 is 0.271 bits per heavy atom. The van der Waals surface area contributed by atoms with Crippen LogP contribution in [-0.4, -0.2) is 0 Å². The SMILES string of the molecule is Cc1ccc(-c2ccccc2)cc1.Cc1ccc(-c2ccccc2)cc1.Cc1cccc2c1-c1ccccc1C2(c1ccccc1)c1ccc(-c2ccccc2)cc1.N. The van der Waals surface area contributed by atoms with E-state index in [9.17, 15) is 0 Å². The molecule has 10 rings (SSSR count). The summed E-state index contributed by atoms with van der Waals surface area (Å²) in [5.41, 5.74) is 19.3. The quantitative estimate of drug-likeness (QED) is 0.186. The normalized spacial score (nSPS) is 13.3. The average Bonchev–Trinajstić information content (AvgIpc) is 3.61. The zero-order valence-corrected chi connectivity index (χ0v) is 34.2. The molecule has 9 aromatic rings. The molecule has 0 heterocycles. The number of rotatable bonds is 5. The third-order valence-corrected chi connectivity index (χ3v) is 11.2. The summed E-state index contributed by atoms with van der Waals surface area (Å²) in [4.78, 5) is 0. The van der Waals surface area contributed by atoms with Crippen molar-refractivity contribution in [3.05, 3.63) is 276 Å². The first-order valence-corrected chi connectivity index (χ1v) is 20.2. The lowest BCUT2D eigenvalue weighted by Crippen LogP contribution is -2.28. The highest BCUT2D eigenvalue weighted by Gasteiger charge is 2.46. The molecule has 0 spiro atoms. The molecule has 1 atom stereocenters. The summed E-state index contributed by atoms with van der Waals surface area (Å²) in [7, 11) is 0. The molecule has 9 aromatic carbocycles. The summed E-state index contributed by atoms with van der Waals surface area (Å²) >= 11 is 0.